The monoisotopic (exact) mass is 266 g/mol. The molecule has 2 aliphatic rings. The zero-order valence-electron chi connectivity index (χ0n) is 13.4. The van der Waals surface area contributed by atoms with Crippen LogP contribution in [0.15, 0.2) is 0 Å². The second kappa shape index (κ2) is 7.08. The van der Waals surface area contributed by atoms with E-state index in [0.717, 1.165) is 12.1 Å². The minimum absolute atomic E-state index is 0.477. The van der Waals surface area contributed by atoms with Crippen molar-refractivity contribution in [2.24, 2.45) is 0 Å². The van der Waals surface area contributed by atoms with Crippen LogP contribution in [0.25, 0.3) is 0 Å². The molecule has 2 nitrogen and oxygen atoms in total. The fourth-order valence-electron chi connectivity index (χ4n) is 4.12. The molecule has 0 aromatic rings. The summed E-state index contributed by atoms with van der Waals surface area (Å²) in [6.07, 6.45) is 12.5. The number of hydrogen-bond donors (Lipinski definition) is 1. The molecule has 2 unspecified atom stereocenters. The first-order valence-corrected chi connectivity index (χ1v) is 8.71. The first-order valence-electron chi connectivity index (χ1n) is 8.71. The fourth-order valence-corrected chi connectivity index (χ4v) is 4.12. The van der Waals surface area contributed by atoms with Crippen molar-refractivity contribution >= 4 is 0 Å². The molecule has 19 heavy (non-hydrogen) atoms. The topological polar surface area (TPSA) is 15.3 Å². The summed E-state index contributed by atoms with van der Waals surface area (Å²) in [6, 6.07) is 1.54. The molecule has 0 amide bonds. The van der Waals surface area contributed by atoms with Crippen LogP contribution in [0.5, 0.6) is 0 Å². The van der Waals surface area contributed by atoms with Gasteiger partial charge >= 0.3 is 0 Å². The summed E-state index contributed by atoms with van der Waals surface area (Å²) >= 11 is 0. The molecule has 1 aliphatic heterocycles. The van der Waals surface area contributed by atoms with Crippen molar-refractivity contribution in [3.05, 3.63) is 0 Å². The Balaban J connectivity index is 1.93. The number of rotatable bonds is 6. The summed E-state index contributed by atoms with van der Waals surface area (Å²) in [7, 11) is 0. The van der Waals surface area contributed by atoms with Crippen molar-refractivity contribution in [2.45, 2.75) is 96.2 Å². The van der Waals surface area contributed by atoms with Crippen LogP contribution in [-0.2, 0) is 0 Å². The van der Waals surface area contributed by atoms with Crippen molar-refractivity contribution in [1.29, 1.82) is 0 Å². The van der Waals surface area contributed by atoms with E-state index in [1.54, 1.807) is 0 Å². The van der Waals surface area contributed by atoms with E-state index < -0.39 is 0 Å². The predicted molar refractivity (Wildman–Crippen MR) is 83.6 cm³/mol. The molecule has 0 bridgehead atoms. The van der Waals surface area contributed by atoms with Gasteiger partial charge in [0.2, 0.25) is 0 Å². The van der Waals surface area contributed by atoms with Gasteiger partial charge in [-0.1, -0.05) is 46.0 Å². The molecule has 112 valence electrons. The lowest BCUT2D eigenvalue weighted by atomic mass is 9.90. The van der Waals surface area contributed by atoms with E-state index in [-0.39, 0.29) is 0 Å². The minimum atomic E-state index is 0.477. The molecule has 0 radical (unpaired) electrons. The Bertz CT molecular complexity index is 258. The number of nitrogens with zero attached hydrogens (tertiary/aromatic N) is 1. The summed E-state index contributed by atoms with van der Waals surface area (Å²) in [5, 5.41) is 3.91. The molecule has 1 aliphatic carbocycles. The van der Waals surface area contributed by atoms with Gasteiger partial charge in [-0.25, -0.2) is 0 Å². The minimum Gasteiger partial charge on any atom is -0.308 e. The summed E-state index contributed by atoms with van der Waals surface area (Å²) in [4.78, 5) is 2.84. The highest BCUT2D eigenvalue weighted by Gasteiger charge is 2.41. The van der Waals surface area contributed by atoms with Gasteiger partial charge in [0.15, 0.2) is 0 Å². The molecule has 0 aromatic heterocycles. The van der Waals surface area contributed by atoms with Crippen LogP contribution in [0.4, 0.5) is 0 Å². The van der Waals surface area contributed by atoms with Crippen LogP contribution in [0.2, 0.25) is 0 Å². The SMILES string of the molecule is CCCCCC(C)N1CC2(CCCC2)NCC1CC. The lowest BCUT2D eigenvalue weighted by molar-refractivity contribution is 0.0429. The zero-order valence-corrected chi connectivity index (χ0v) is 13.4. The van der Waals surface area contributed by atoms with E-state index in [9.17, 15) is 0 Å². The van der Waals surface area contributed by atoms with E-state index in [1.807, 2.05) is 0 Å². The van der Waals surface area contributed by atoms with E-state index in [4.69, 9.17) is 0 Å². The molecule has 2 heteroatoms. The Morgan fingerprint density at radius 1 is 1.21 bits per heavy atom. The van der Waals surface area contributed by atoms with Gasteiger partial charge in [0, 0.05) is 30.7 Å². The van der Waals surface area contributed by atoms with Gasteiger partial charge < -0.3 is 5.32 Å². The zero-order chi connectivity index (χ0) is 13.7. The van der Waals surface area contributed by atoms with Crippen LogP contribution in [0, 0.1) is 0 Å². The van der Waals surface area contributed by atoms with E-state index in [0.29, 0.717) is 5.54 Å². The lowest BCUT2D eigenvalue weighted by Crippen LogP contribution is -2.64. The highest BCUT2D eigenvalue weighted by atomic mass is 15.3. The third-order valence-electron chi connectivity index (χ3n) is 5.49. The van der Waals surface area contributed by atoms with E-state index in [1.165, 1.54) is 70.9 Å². The average Bonchev–Trinajstić information content (AvgIpc) is 2.87. The smallest absolute Gasteiger partial charge is 0.0309 e. The fraction of sp³-hybridized carbons (Fsp3) is 1.00. The number of unbranched alkanes of at least 4 members (excludes halogenated alkanes) is 2. The molecule has 1 N–H and O–H groups in total. The second-order valence-electron chi connectivity index (χ2n) is 6.95. The summed E-state index contributed by atoms with van der Waals surface area (Å²) in [6.45, 7) is 9.64. The molecule has 1 saturated carbocycles. The Labute approximate surface area is 120 Å². The van der Waals surface area contributed by atoms with Crippen LogP contribution in [0.1, 0.15) is 78.6 Å². The van der Waals surface area contributed by atoms with E-state index >= 15 is 0 Å². The Kier molecular flexibility index (Phi) is 5.70. The second-order valence-corrected chi connectivity index (χ2v) is 6.95. The third-order valence-corrected chi connectivity index (χ3v) is 5.49. The average molecular weight is 266 g/mol. The standard InChI is InChI=1S/C17H34N2/c1-4-6-7-10-15(3)19-14-17(11-8-9-12-17)18-13-16(19)5-2/h15-16,18H,4-14H2,1-3H3. The summed E-state index contributed by atoms with van der Waals surface area (Å²) in [5.41, 5.74) is 0.477. The number of hydrogen-bond acceptors (Lipinski definition) is 2. The molecule has 1 spiro atoms. The van der Waals surface area contributed by atoms with E-state index in [2.05, 4.69) is 31.0 Å². The maximum absolute atomic E-state index is 3.91. The Hall–Kier alpha value is -0.0800. The molecule has 2 rings (SSSR count). The maximum atomic E-state index is 3.91. The normalized spacial score (nSPS) is 28.9. The highest BCUT2D eigenvalue weighted by molar-refractivity contribution is 5.01. The van der Waals surface area contributed by atoms with Crippen LogP contribution < -0.4 is 5.32 Å². The van der Waals surface area contributed by atoms with Gasteiger partial charge in [-0.3, -0.25) is 4.90 Å². The Morgan fingerprint density at radius 3 is 2.58 bits per heavy atom. The molecule has 2 fully saturated rings. The predicted octanol–water partition coefficient (Wildman–Crippen LogP) is 3.95. The first-order chi connectivity index (χ1) is 9.21. The van der Waals surface area contributed by atoms with Crippen molar-refractivity contribution in [1.82, 2.24) is 10.2 Å². The maximum Gasteiger partial charge on any atom is 0.0309 e. The lowest BCUT2D eigenvalue weighted by Gasteiger charge is -2.49. The van der Waals surface area contributed by atoms with Gasteiger partial charge in [0.25, 0.3) is 0 Å². The molecule has 2 atom stereocenters. The quantitative estimate of drug-likeness (QED) is 0.732. The van der Waals surface area contributed by atoms with Crippen LogP contribution in [-0.4, -0.2) is 35.6 Å². The van der Waals surface area contributed by atoms with Crippen molar-refractivity contribution in [2.75, 3.05) is 13.1 Å². The van der Waals surface area contributed by atoms with Crippen molar-refractivity contribution in [3.63, 3.8) is 0 Å². The highest BCUT2D eigenvalue weighted by Crippen LogP contribution is 2.34. The molecular formula is C17H34N2. The summed E-state index contributed by atoms with van der Waals surface area (Å²) < 4.78 is 0. The Morgan fingerprint density at radius 2 is 1.95 bits per heavy atom. The third kappa shape index (κ3) is 3.72. The largest absolute Gasteiger partial charge is 0.308 e. The number of piperazine rings is 1. The molecule has 1 saturated heterocycles. The number of nitrogens with one attached hydrogen (secondary N) is 1. The van der Waals surface area contributed by atoms with Gasteiger partial charge in [-0.15, -0.1) is 0 Å². The van der Waals surface area contributed by atoms with Gasteiger partial charge in [0.05, 0.1) is 0 Å². The van der Waals surface area contributed by atoms with Gasteiger partial charge in [0.1, 0.15) is 0 Å². The molecule has 0 aromatic carbocycles. The van der Waals surface area contributed by atoms with Gasteiger partial charge in [-0.05, 0) is 32.6 Å². The molecule has 1 heterocycles. The van der Waals surface area contributed by atoms with Gasteiger partial charge in [-0.2, -0.15) is 0 Å². The van der Waals surface area contributed by atoms with Crippen LogP contribution >= 0.6 is 0 Å². The van der Waals surface area contributed by atoms with Crippen LogP contribution in [0.3, 0.4) is 0 Å². The summed E-state index contributed by atoms with van der Waals surface area (Å²) in [5.74, 6) is 0. The van der Waals surface area contributed by atoms with Crippen molar-refractivity contribution in [3.8, 4) is 0 Å². The van der Waals surface area contributed by atoms with Crippen molar-refractivity contribution < 1.29 is 0 Å². The molecular weight excluding hydrogens is 232 g/mol. The first kappa shape index (κ1) is 15.3.